The summed E-state index contributed by atoms with van der Waals surface area (Å²) >= 11 is 1.53. The summed E-state index contributed by atoms with van der Waals surface area (Å²) < 4.78 is 0. The fraction of sp³-hybridized carbons (Fsp3) is 0.462. The van der Waals surface area contributed by atoms with Crippen LogP contribution in [0.3, 0.4) is 0 Å². The van der Waals surface area contributed by atoms with E-state index in [9.17, 15) is 4.79 Å². The summed E-state index contributed by atoms with van der Waals surface area (Å²) in [5.74, 6) is 2.82. The largest absolute Gasteiger partial charge is 0.362 e. The normalized spacial score (nSPS) is 21.4. The predicted molar refractivity (Wildman–Crippen MR) is 141 cm³/mol. The Bertz CT molecular complexity index is 1060. The number of hydrogen-bond donors (Lipinski definition) is 2. The minimum Gasteiger partial charge on any atom is -0.362 e. The van der Waals surface area contributed by atoms with Crippen LogP contribution in [0.25, 0.3) is 6.08 Å². The molecule has 2 aromatic heterocycles. The van der Waals surface area contributed by atoms with Crippen molar-refractivity contribution >= 4 is 35.5 Å². The third kappa shape index (κ3) is 5.78. The molecule has 2 aliphatic carbocycles. The molecule has 0 radical (unpaired) electrons. The van der Waals surface area contributed by atoms with Crippen LogP contribution in [0, 0.1) is 5.92 Å². The number of thioether (sulfide) groups is 1. The molecular formula is C26H34N6OS. The second kappa shape index (κ2) is 11.0. The highest BCUT2D eigenvalue weighted by molar-refractivity contribution is 7.99. The van der Waals surface area contributed by atoms with E-state index in [1.165, 1.54) is 11.8 Å². The van der Waals surface area contributed by atoms with E-state index in [-0.39, 0.29) is 11.9 Å². The van der Waals surface area contributed by atoms with Crippen LogP contribution in [-0.4, -0.2) is 52.8 Å². The maximum Gasteiger partial charge on any atom is 0.254 e. The summed E-state index contributed by atoms with van der Waals surface area (Å²) in [5, 5.41) is 7.54. The van der Waals surface area contributed by atoms with Crippen LogP contribution in [0.2, 0.25) is 0 Å². The van der Waals surface area contributed by atoms with Crippen LogP contribution < -0.4 is 15.5 Å². The van der Waals surface area contributed by atoms with Gasteiger partial charge in [0.05, 0.1) is 11.3 Å². The SMILES string of the molecule is C=CCSc1ncccc1C(=O)NC1CCC(Nc2nc3c(c(N(C)C)n2)C=CC(C)C3)CC1. The summed E-state index contributed by atoms with van der Waals surface area (Å²) in [4.78, 5) is 29.0. The van der Waals surface area contributed by atoms with Crippen molar-refractivity contribution in [2.75, 3.05) is 30.1 Å². The number of hydrogen-bond acceptors (Lipinski definition) is 7. The molecule has 0 spiro atoms. The number of carbonyl (C=O) groups is 1. The second-order valence-corrected chi connectivity index (χ2v) is 10.3. The van der Waals surface area contributed by atoms with Gasteiger partial charge in [0.15, 0.2) is 0 Å². The standard InChI is InChI=1S/C26H34N6OS/c1-5-15-34-25-21(7-6-14-27-25)24(33)28-18-9-11-19(12-10-18)29-26-30-22-16-17(2)8-13-20(22)23(31-26)32(3)4/h5-8,13-14,17-19H,1,9-12,15-16H2,2-4H3,(H,28,33)(H,29,30,31). The molecule has 0 aliphatic heterocycles. The van der Waals surface area contributed by atoms with Gasteiger partial charge in [0.2, 0.25) is 5.95 Å². The molecule has 1 amide bonds. The van der Waals surface area contributed by atoms with E-state index < -0.39 is 0 Å². The van der Waals surface area contributed by atoms with E-state index in [1.54, 1.807) is 6.20 Å². The number of nitrogens with one attached hydrogen (secondary N) is 2. The molecule has 2 aromatic rings. The van der Waals surface area contributed by atoms with Crippen molar-refractivity contribution in [1.82, 2.24) is 20.3 Å². The Labute approximate surface area is 206 Å². The van der Waals surface area contributed by atoms with Crippen molar-refractivity contribution in [3.8, 4) is 0 Å². The fourth-order valence-electron chi connectivity index (χ4n) is 4.51. The molecule has 8 heteroatoms. The molecular weight excluding hydrogens is 444 g/mol. The minimum atomic E-state index is -0.0492. The van der Waals surface area contributed by atoms with Gasteiger partial charge in [-0.05, 0) is 50.2 Å². The summed E-state index contributed by atoms with van der Waals surface area (Å²) in [6, 6.07) is 4.11. The maximum atomic E-state index is 12.9. The molecule has 2 aliphatic rings. The quantitative estimate of drug-likeness (QED) is 0.425. The molecule has 34 heavy (non-hydrogen) atoms. The van der Waals surface area contributed by atoms with E-state index in [4.69, 9.17) is 9.97 Å². The monoisotopic (exact) mass is 478 g/mol. The minimum absolute atomic E-state index is 0.0492. The van der Waals surface area contributed by atoms with Crippen LogP contribution in [0.1, 0.15) is 54.2 Å². The summed E-state index contributed by atoms with van der Waals surface area (Å²) in [6.07, 6.45) is 12.6. The van der Waals surface area contributed by atoms with Gasteiger partial charge >= 0.3 is 0 Å². The zero-order valence-corrected chi connectivity index (χ0v) is 21.1. The Morgan fingerprint density at radius 2 is 2.00 bits per heavy atom. The van der Waals surface area contributed by atoms with Crippen molar-refractivity contribution in [2.45, 2.75) is 56.1 Å². The highest BCUT2D eigenvalue weighted by Gasteiger charge is 2.25. The molecule has 2 N–H and O–H groups in total. The highest BCUT2D eigenvalue weighted by Crippen LogP contribution is 2.30. The molecule has 180 valence electrons. The van der Waals surface area contributed by atoms with Crippen LogP contribution in [0.5, 0.6) is 0 Å². The van der Waals surface area contributed by atoms with Gasteiger partial charge in [0.25, 0.3) is 5.91 Å². The van der Waals surface area contributed by atoms with Crippen molar-refractivity contribution < 1.29 is 4.79 Å². The first-order valence-electron chi connectivity index (χ1n) is 12.0. The number of rotatable bonds is 8. The van der Waals surface area contributed by atoms with Gasteiger partial charge < -0.3 is 15.5 Å². The molecule has 1 unspecified atom stereocenters. The summed E-state index contributed by atoms with van der Waals surface area (Å²) in [6.45, 7) is 5.96. The van der Waals surface area contributed by atoms with E-state index in [1.807, 2.05) is 32.3 Å². The van der Waals surface area contributed by atoms with E-state index in [0.29, 0.717) is 23.5 Å². The molecule has 0 bridgehead atoms. The lowest BCUT2D eigenvalue weighted by molar-refractivity contribution is 0.0923. The Morgan fingerprint density at radius 3 is 2.74 bits per heavy atom. The summed E-state index contributed by atoms with van der Waals surface area (Å²) in [5.41, 5.74) is 2.87. The maximum absolute atomic E-state index is 12.9. The topological polar surface area (TPSA) is 83.0 Å². The van der Waals surface area contributed by atoms with Crippen molar-refractivity contribution in [1.29, 1.82) is 0 Å². The average molecular weight is 479 g/mol. The molecule has 0 saturated heterocycles. The number of nitrogens with zero attached hydrogens (tertiary/aromatic N) is 4. The third-order valence-corrected chi connectivity index (χ3v) is 7.29. The molecule has 7 nitrogen and oxygen atoms in total. The Morgan fingerprint density at radius 1 is 1.24 bits per heavy atom. The van der Waals surface area contributed by atoms with Gasteiger partial charge in [-0.2, -0.15) is 4.98 Å². The Balaban J connectivity index is 1.36. The number of amides is 1. The van der Waals surface area contributed by atoms with Gasteiger partial charge in [-0.15, -0.1) is 18.3 Å². The molecule has 0 aromatic carbocycles. The van der Waals surface area contributed by atoms with Gasteiger partial charge in [-0.25, -0.2) is 9.97 Å². The van der Waals surface area contributed by atoms with Gasteiger partial charge in [0.1, 0.15) is 10.8 Å². The smallest absolute Gasteiger partial charge is 0.254 e. The Hall–Kier alpha value is -2.87. The Kier molecular flexibility index (Phi) is 7.88. The van der Waals surface area contributed by atoms with Crippen molar-refractivity contribution in [2.24, 2.45) is 5.92 Å². The first-order valence-corrected chi connectivity index (χ1v) is 13.0. The molecule has 1 saturated carbocycles. The average Bonchev–Trinajstić information content (AvgIpc) is 2.83. The van der Waals surface area contributed by atoms with Crippen LogP contribution in [0.15, 0.2) is 42.1 Å². The molecule has 1 fully saturated rings. The van der Waals surface area contributed by atoms with Crippen molar-refractivity contribution in [3.05, 3.63) is 53.9 Å². The van der Waals surface area contributed by atoms with E-state index >= 15 is 0 Å². The summed E-state index contributed by atoms with van der Waals surface area (Å²) in [7, 11) is 4.05. The predicted octanol–water partition coefficient (Wildman–Crippen LogP) is 4.57. The van der Waals surface area contributed by atoms with Crippen LogP contribution in [0.4, 0.5) is 11.8 Å². The first kappa shape index (κ1) is 24.3. The van der Waals surface area contributed by atoms with Crippen LogP contribution >= 0.6 is 11.8 Å². The number of aromatic nitrogens is 3. The zero-order chi connectivity index (χ0) is 24.1. The first-order chi connectivity index (χ1) is 16.4. The highest BCUT2D eigenvalue weighted by atomic mass is 32.2. The lowest BCUT2D eigenvalue weighted by Crippen LogP contribution is -2.40. The van der Waals surface area contributed by atoms with Gasteiger partial charge in [-0.3, -0.25) is 4.79 Å². The lowest BCUT2D eigenvalue weighted by Gasteiger charge is -2.30. The van der Waals surface area contributed by atoms with E-state index in [0.717, 1.165) is 60.0 Å². The second-order valence-electron chi connectivity index (χ2n) is 9.29. The lowest BCUT2D eigenvalue weighted by atomic mass is 9.91. The van der Waals surface area contributed by atoms with Crippen molar-refractivity contribution in [3.63, 3.8) is 0 Å². The molecule has 1 atom stereocenters. The number of carbonyl (C=O) groups excluding carboxylic acids is 1. The molecule has 2 heterocycles. The van der Waals surface area contributed by atoms with Crippen LogP contribution in [-0.2, 0) is 6.42 Å². The molecule has 4 rings (SSSR count). The van der Waals surface area contributed by atoms with Gasteiger partial charge in [-0.1, -0.05) is 25.2 Å². The number of pyridine rings is 1. The fourth-order valence-corrected chi connectivity index (χ4v) is 5.24. The van der Waals surface area contributed by atoms with Gasteiger partial charge in [0, 0.05) is 43.7 Å². The third-order valence-electron chi connectivity index (χ3n) is 6.28. The zero-order valence-electron chi connectivity index (χ0n) is 20.3. The number of allylic oxidation sites excluding steroid dienone is 1. The number of fused-ring (bicyclic) bond motifs is 1. The number of anilines is 2. The van der Waals surface area contributed by atoms with E-state index in [2.05, 4.69) is 46.2 Å².